The third-order valence-corrected chi connectivity index (χ3v) is 3.43. The third-order valence-electron chi connectivity index (χ3n) is 3.43. The molecule has 1 aliphatic heterocycles. The Bertz CT molecular complexity index is 312. The van der Waals surface area contributed by atoms with Crippen molar-refractivity contribution in [3.63, 3.8) is 0 Å². The molecule has 0 aliphatic carbocycles. The third kappa shape index (κ3) is 3.60. The molecular formula is C12H23N3O3. The SMILES string of the molecule is CC(C)C(C(=O)NC(C)C1CCOC1)C(N)=NO. The first kappa shape index (κ1) is 14.8. The van der Waals surface area contributed by atoms with E-state index in [4.69, 9.17) is 15.7 Å². The molecule has 1 fully saturated rings. The number of nitrogens with two attached hydrogens (primary N) is 1. The normalized spacial score (nSPS) is 24.0. The predicted octanol–water partition coefficient (Wildman–Crippen LogP) is 0.546. The topological polar surface area (TPSA) is 96.9 Å². The summed E-state index contributed by atoms with van der Waals surface area (Å²) in [5.74, 6) is -0.515. The molecule has 0 radical (unpaired) electrons. The Morgan fingerprint density at radius 1 is 1.50 bits per heavy atom. The molecule has 104 valence electrons. The molecule has 0 saturated carbocycles. The number of carbonyl (C=O) groups excluding carboxylic acids is 1. The predicted molar refractivity (Wildman–Crippen MR) is 68.3 cm³/mol. The first-order valence-electron chi connectivity index (χ1n) is 6.32. The Kier molecular flexibility index (Phi) is 5.40. The summed E-state index contributed by atoms with van der Waals surface area (Å²) in [5, 5.41) is 14.6. The van der Waals surface area contributed by atoms with Crippen LogP contribution in [0.1, 0.15) is 27.2 Å². The number of rotatable bonds is 5. The number of amidine groups is 1. The van der Waals surface area contributed by atoms with Gasteiger partial charge in [-0.3, -0.25) is 4.79 Å². The number of carbonyl (C=O) groups is 1. The van der Waals surface area contributed by atoms with Crippen LogP contribution in [0.15, 0.2) is 5.16 Å². The summed E-state index contributed by atoms with van der Waals surface area (Å²) in [6.45, 7) is 7.12. The summed E-state index contributed by atoms with van der Waals surface area (Å²) in [6, 6.07) is 0.0349. The molecule has 0 aromatic rings. The number of nitrogens with zero attached hydrogens (tertiary/aromatic N) is 1. The molecule has 4 N–H and O–H groups in total. The minimum absolute atomic E-state index is 0.0204. The highest BCUT2D eigenvalue weighted by molar-refractivity contribution is 6.02. The number of amides is 1. The van der Waals surface area contributed by atoms with Crippen molar-refractivity contribution in [3.8, 4) is 0 Å². The van der Waals surface area contributed by atoms with E-state index >= 15 is 0 Å². The first-order chi connectivity index (χ1) is 8.47. The summed E-state index contributed by atoms with van der Waals surface area (Å²) in [6.07, 6.45) is 0.956. The van der Waals surface area contributed by atoms with Gasteiger partial charge >= 0.3 is 0 Å². The standard InChI is InChI=1S/C12H23N3O3/c1-7(2)10(11(13)15-17)12(16)14-8(3)9-4-5-18-6-9/h7-10,17H,4-6H2,1-3H3,(H2,13,15)(H,14,16). The van der Waals surface area contributed by atoms with E-state index in [0.717, 1.165) is 13.0 Å². The van der Waals surface area contributed by atoms with Crippen LogP contribution >= 0.6 is 0 Å². The Balaban J connectivity index is 2.61. The molecule has 0 spiro atoms. The van der Waals surface area contributed by atoms with Gasteiger partial charge < -0.3 is 21.0 Å². The van der Waals surface area contributed by atoms with Crippen LogP contribution in [-0.4, -0.2) is 36.2 Å². The minimum atomic E-state index is -0.597. The fourth-order valence-corrected chi connectivity index (χ4v) is 2.22. The van der Waals surface area contributed by atoms with Crippen molar-refractivity contribution in [3.05, 3.63) is 0 Å². The van der Waals surface area contributed by atoms with Crippen LogP contribution < -0.4 is 11.1 Å². The van der Waals surface area contributed by atoms with Gasteiger partial charge in [-0.15, -0.1) is 0 Å². The average Bonchev–Trinajstić information content (AvgIpc) is 2.81. The van der Waals surface area contributed by atoms with Crippen molar-refractivity contribution in [1.29, 1.82) is 0 Å². The van der Waals surface area contributed by atoms with Crippen LogP contribution in [0, 0.1) is 17.8 Å². The van der Waals surface area contributed by atoms with Gasteiger partial charge in [-0.05, 0) is 19.3 Å². The van der Waals surface area contributed by atoms with Gasteiger partial charge in [0.25, 0.3) is 0 Å². The molecule has 1 rings (SSSR count). The number of hydrogen-bond donors (Lipinski definition) is 3. The molecule has 0 aromatic heterocycles. The lowest BCUT2D eigenvalue weighted by Crippen LogP contribution is -2.47. The lowest BCUT2D eigenvalue weighted by atomic mass is 9.92. The minimum Gasteiger partial charge on any atom is -0.409 e. The molecular weight excluding hydrogens is 234 g/mol. The molecule has 6 heteroatoms. The van der Waals surface area contributed by atoms with Crippen LogP contribution in [0.2, 0.25) is 0 Å². The van der Waals surface area contributed by atoms with Gasteiger partial charge in [-0.1, -0.05) is 19.0 Å². The van der Waals surface area contributed by atoms with Crippen molar-refractivity contribution in [1.82, 2.24) is 5.32 Å². The summed E-state index contributed by atoms with van der Waals surface area (Å²) >= 11 is 0. The van der Waals surface area contributed by atoms with Crippen molar-refractivity contribution in [2.45, 2.75) is 33.2 Å². The fraction of sp³-hybridized carbons (Fsp3) is 0.833. The van der Waals surface area contributed by atoms with E-state index in [-0.39, 0.29) is 23.7 Å². The van der Waals surface area contributed by atoms with Crippen molar-refractivity contribution >= 4 is 11.7 Å². The first-order valence-corrected chi connectivity index (χ1v) is 6.32. The second-order valence-corrected chi connectivity index (χ2v) is 5.17. The van der Waals surface area contributed by atoms with E-state index < -0.39 is 5.92 Å². The Morgan fingerprint density at radius 3 is 2.61 bits per heavy atom. The van der Waals surface area contributed by atoms with Crippen molar-refractivity contribution < 1.29 is 14.7 Å². The van der Waals surface area contributed by atoms with Crippen LogP contribution in [0.4, 0.5) is 0 Å². The van der Waals surface area contributed by atoms with Crippen LogP contribution in [0.3, 0.4) is 0 Å². The number of oxime groups is 1. The van der Waals surface area contributed by atoms with Gasteiger partial charge in [0.1, 0.15) is 5.92 Å². The van der Waals surface area contributed by atoms with Gasteiger partial charge in [-0.25, -0.2) is 0 Å². The molecule has 0 bridgehead atoms. The summed E-state index contributed by atoms with van der Waals surface area (Å²) < 4.78 is 5.30. The lowest BCUT2D eigenvalue weighted by molar-refractivity contribution is -0.125. The average molecular weight is 257 g/mol. The number of hydrogen-bond acceptors (Lipinski definition) is 4. The van der Waals surface area contributed by atoms with Gasteiger partial charge in [-0.2, -0.15) is 0 Å². The Labute approximate surface area is 108 Å². The summed E-state index contributed by atoms with van der Waals surface area (Å²) in [5.41, 5.74) is 5.56. The fourth-order valence-electron chi connectivity index (χ4n) is 2.22. The second kappa shape index (κ2) is 6.58. The van der Waals surface area contributed by atoms with E-state index in [1.54, 1.807) is 0 Å². The highest BCUT2D eigenvalue weighted by atomic mass is 16.5. The maximum absolute atomic E-state index is 12.1. The molecule has 1 saturated heterocycles. The van der Waals surface area contributed by atoms with Gasteiger partial charge in [0.05, 0.1) is 6.61 Å². The monoisotopic (exact) mass is 257 g/mol. The van der Waals surface area contributed by atoms with E-state index in [0.29, 0.717) is 12.5 Å². The Morgan fingerprint density at radius 2 is 2.17 bits per heavy atom. The zero-order valence-corrected chi connectivity index (χ0v) is 11.2. The molecule has 6 nitrogen and oxygen atoms in total. The molecule has 3 unspecified atom stereocenters. The quantitative estimate of drug-likeness (QED) is 0.290. The van der Waals surface area contributed by atoms with Gasteiger partial charge in [0.15, 0.2) is 5.84 Å². The largest absolute Gasteiger partial charge is 0.409 e. The molecule has 1 amide bonds. The molecule has 1 aliphatic rings. The second-order valence-electron chi connectivity index (χ2n) is 5.17. The molecule has 0 aromatic carbocycles. The van der Waals surface area contributed by atoms with E-state index in [1.807, 2.05) is 20.8 Å². The maximum Gasteiger partial charge on any atom is 0.231 e. The zero-order valence-electron chi connectivity index (χ0n) is 11.2. The van der Waals surface area contributed by atoms with E-state index in [9.17, 15) is 4.79 Å². The van der Waals surface area contributed by atoms with Crippen molar-refractivity contribution in [2.24, 2.45) is 28.6 Å². The summed E-state index contributed by atoms with van der Waals surface area (Å²) in [4.78, 5) is 12.1. The molecule has 18 heavy (non-hydrogen) atoms. The van der Waals surface area contributed by atoms with Crippen LogP contribution in [0.5, 0.6) is 0 Å². The van der Waals surface area contributed by atoms with Crippen LogP contribution in [0.25, 0.3) is 0 Å². The molecule has 3 atom stereocenters. The Hall–Kier alpha value is -1.30. The zero-order chi connectivity index (χ0) is 13.7. The number of ether oxygens (including phenoxy) is 1. The smallest absolute Gasteiger partial charge is 0.231 e. The highest BCUT2D eigenvalue weighted by Gasteiger charge is 2.30. The van der Waals surface area contributed by atoms with E-state index in [2.05, 4.69) is 10.5 Å². The number of nitrogens with one attached hydrogen (secondary N) is 1. The maximum atomic E-state index is 12.1. The van der Waals surface area contributed by atoms with E-state index in [1.165, 1.54) is 0 Å². The van der Waals surface area contributed by atoms with Gasteiger partial charge in [0, 0.05) is 18.6 Å². The summed E-state index contributed by atoms with van der Waals surface area (Å²) in [7, 11) is 0. The van der Waals surface area contributed by atoms with Crippen molar-refractivity contribution in [2.75, 3.05) is 13.2 Å². The highest BCUT2D eigenvalue weighted by Crippen LogP contribution is 2.18. The van der Waals surface area contributed by atoms with Gasteiger partial charge in [0.2, 0.25) is 5.91 Å². The van der Waals surface area contributed by atoms with Crippen LogP contribution in [-0.2, 0) is 9.53 Å². The lowest BCUT2D eigenvalue weighted by Gasteiger charge is -2.24. The molecule has 1 heterocycles.